The molecule has 0 aromatic rings. The fourth-order valence-corrected chi connectivity index (χ4v) is 2.76. The maximum absolute atomic E-state index is 12.7. The number of carbonyl (C=O) groups is 5. The zero-order chi connectivity index (χ0) is 21.4. The van der Waals surface area contributed by atoms with Crippen LogP contribution in [0.15, 0.2) is 0 Å². The van der Waals surface area contributed by atoms with Crippen molar-refractivity contribution >= 4 is 29.7 Å². The zero-order valence-corrected chi connectivity index (χ0v) is 15.5. The van der Waals surface area contributed by atoms with Crippen molar-refractivity contribution in [1.82, 2.24) is 15.5 Å². The fourth-order valence-electron chi connectivity index (χ4n) is 2.76. The predicted octanol–water partition coefficient (Wildman–Crippen LogP) is -2.76. The normalized spacial score (nSPS) is 19.4. The van der Waals surface area contributed by atoms with E-state index in [9.17, 15) is 34.2 Å². The molecule has 7 N–H and O–H groups in total. The number of carboxylic acids is 2. The highest BCUT2D eigenvalue weighted by Crippen LogP contribution is 2.19. The highest BCUT2D eigenvalue weighted by atomic mass is 16.4. The Morgan fingerprint density at radius 3 is 2.39 bits per heavy atom. The van der Waals surface area contributed by atoms with Gasteiger partial charge in [0.1, 0.15) is 18.1 Å². The molecule has 0 aliphatic carbocycles. The van der Waals surface area contributed by atoms with E-state index in [1.165, 1.54) is 6.92 Å². The van der Waals surface area contributed by atoms with Gasteiger partial charge in [-0.15, -0.1) is 0 Å². The number of likely N-dealkylation sites (tertiary alicyclic amines) is 1. The van der Waals surface area contributed by atoms with Gasteiger partial charge in [-0.05, 0) is 26.2 Å². The number of nitrogens with zero attached hydrogens (tertiary/aromatic N) is 1. The average molecular weight is 402 g/mol. The quantitative estimate of drug-likeness (QED) is 0.224. The van der Waals surface area contributed by atoms with Gasteiger partial charge in [0, 0.05) is 13.0 Å². The van der Waals surface area contributed by atoms with Crippen molar-refractivity contribution in [2.75, 3.05) is 13.1 Å². The molecule has 0 spiro atoms. The predicted molar refractivity (Wildman–Crippen MR) is 93.8 cm³/mol. The Morgan fingerprint density at radius 1 is 1.21 bits per heavy atom. The molecule has 28 heavy (non-hydrogen) atoms. The average Bonchev–Trinajstić information content (AvgIpc) is 3.11. The number of amides is 3. The first-order valence-electron chi connectivity index (χ1n) is 8.80. The van der Waals surface area contributed by atoms with Crippen molar-refractivity contribution in [2.24, 2.45) is 5.73 Å². The van der Waals surface area contributed by atoms with E-state index in [2.05, 4.69) is 10.6 Å². The first kappa shape index (κ1) is 23.3. The van der Waals surface area contributed by atoms with Gasteiger partial charge in [-0.3, -0.25) is 19.2 Å². The number of aliphatic hydroxyl groups excluding tert-OH is 1. The number of carboxylic acid groups (broad SMARTS) is 2. The van der Waals surface area contributed by atoms with Crippen molar-refractivity contribution < 1.29 is 39.3 Å². The van der Waals surface area contributed by atoms with Gasteiger partial charge in [0.05, 0.1) is 12.6 Å². The van der Waals surface area contributed by atoms with Crippen LogP contribution in [0, 0.1) is 0 Å². The van der Waals surface area contributed by atoms with Gasteiger partial charge in [-0.2, -0.15) is 0 Å². The highest BCUT2D eigenvalue weighted by molar-refractivity contribution is 5.93. The molecule has 0 bridgehead atoms. The molecule has 0 radical (unpaired) electrons. The molecule has 1 rings (SSSR count). The molecular weight excluding hydrogens is 376 g/mol. The van der Waals surface area contributed by atoms with Crippen LogP contribution in [0.5, 0.6) is 0 Å². The number of hydrogen-bond acceptors (Lipinski definition) is 7. The van der Waals surface area contributed by atoms with Crippen molar-refractivity contribution in [3.05, 3.63) is 0 Å². The molecule has 0 aromatic carbocycles. The third-order valence-corrected chi connectivity index (χ3v) is 4.35. The molecule has 158 valence electrons. The Hall–Kier alpha value is -2.73. The molecule has 12 heteroatoms. The van der Waals surface area contributed by atoms with Gasteiger partial charge < -0.3 is 36.6 Å². The summed E-state index contributed by atoms with van der Waals surface area (Å²) in [6.45, 7) is 0.952. The minimum absolute atomic E-state index is 0.190. The summed E-state index contributed by atoms with van der Waals surface area (Å²) in [7, 11) is 0. The molecule has 1 fully saturated rings. The van der Waals surface area contributed by atoms with Crippen molar-refractivity contribution in [2.45, 2.75) is 56.8 Å². The van der Waals surface area contributed by atoms with Crippen LogP contribution in [0.4, 0.5) is 0 Å². The van der Waals surface area contributed by atoms with E-state index >= 15 is 0 Å². The molecule has 1 saturated heterocycles. The Labute approximate surface area is 161 Å². The van der Waals surface area contributed by atoms with Crippen molar-refractivity contribution in [3.8, 4) is 0 Å². The van der Waals surface area contributed by atoms with Gasteiger partial charge >= 0.3 is 11.9 Å². The third kappa shape index (κ3) is 6.78. The van der Waals surface area contributed by atoms with Crippen LogP contribution >= 0.6 is 0 Å². The fraction of sp³-hybridized carbons (Fsp3) is 0.688. The summed E-state index contributed by atoms with van der Waals surface area (Å²) in [6, 6.07) is -3.51. The minimum atomic E-state index is -1.24. The minimum Gasteiger partial charge on any atom is -0.481 e. The van der Waals surface area contributed by atoms with Crippen molar-refractivity contribution in [1.29, 1.82) is 0 Å². The monoisotopic (exact) mass is 402 g/mol. The molecule has 12 nitrogen and oxygen atoms in total. The highest BCUT2D eigenvalue weighted by Gasteiger charge is 2.37. The topological polar surface area (TPSA) is 199 Å². The summed E-state index contributed by atoms with van der Waals surface area (Å²) in [4.78, 5) is 59.6. The Balaban J connectivity index is 2.74. The lowest BCUT2D eigenvalue weighted by Gasteiger charge is -2.27. The van der Waals surface area contributed by atoms with Crippen LogP contribution in [-0.2, 0) is 24.0 Å². The second-order valence-corrected chi connectivity index (χ2v) is 6.56. The molecule has 1 aliphatic rings. The standard InChI is InChI=1S/C16H26N4O8/c1-8(21)13(17)14(25)18-7-11(22)19-9(4-5-12(23)24)15(26)20-6-2-3-10(20)16(27)28/h8-10,13,21H,2-7,17H2,1H3,(H,18,25)(H,19,22)(H,23,24)(H,27,28). The lowest BCUT2D eigenvalue weighted by Crippen LogP contribution is -2.54. The molecule has 0 aromatic heterocycles. The van der Waals surface area contributed by atoms with E-state index < -0.39 is 66.9 Å². The molecule has 1 heterocycles. The molecule has 1 aliphatic heterocycles. The molecule has 3 amide bonds. The second kappa shape index (κ2) is 10.6. The zero-order valence-electron chi connectivity index (χ0n) is 15.5. The van der Waals surface area contributed by atoms with Gasteiger partial charge in [0.15, 0.2) is 0 Å². The summed E-state index contributed by atoms with van der Waals surface area (Å²) in [6.07, 6.45) is -1.02. The largest absolute Gasteiger partial charge is 0.481 e. The summed E-state index contributed by atoms with van der Waals surface area (Å²) in [5, 5.41) is 31.8. The first-order valence-corrected chi connectivity index (χ1v) is 8.80. The smallest absolute Gasteiger partial charge is 0.326 e. The van der Waals surface area contributed by atoms with E-state index in [1.807, 2.05) is 0 Å². The van der Waals surface area contributed by atoms with E-state index in [0.717, 1.165) is 4.90 Å². The van der Waals surface area contributed by atoms with Crippen LogP contribution in [0.1, 0.15) is 32.6 Å². The van der Waals surface area contributed by atoms with Crippen LogP contribution < -0.4 is 16.4 Å². The summed E-state index contributed by atoms with van der Waals surface area (Å²) < 4.78 is 0. The molecule has 0 saturated carbocycles. The summed E-state index contributed by atoms with van der Waals surface area (Å²) in [5.74, 6) is -4.59. The van der Waals surface area contributed by atoms with E-state index in [4.69, 9.17) is 10.8 Å². The molecular formula is C16H26N4O8. The Kier molecular flexibility index (Phi) is 8.79. The van der Waals surface area contributed by atoms with Crippen LogP contribution in [0.2, 0.25) is 0 Å². The Bertz CT molecular complexity index is 624. The number of aliphatic carboxylic acids is 2. The maximum atomic E-state index is 12.7. The van der Waals surface area contributed by atoms with Gasteiger partial charge in [0.2, 0.25) is 17.7 Å². The number of nitrogens with two attached hydrogens (primary N) is 1. The van der Waals surface area contributed by atoms with Crippen LogP contribution in [0.25, 0.3) is 0 Å². The SMILES string of the molecule is CC(O)C(N)C(=O)NCC(=O)NC(CCC(=O)O)C(=O)N1CCCC1C(=O)O. The van der Waals surface area contributed by atoms with E-state index in [-0.39, 0.29) is 19.4 Å². The number of rotatable bonds is 10. The summed E-state index contributed by atoms with van der Waals surface area (Å²) >= 11 is 0. The lowest BCUT2D eigenvalue weighted by molar-refractivity contribution is -0.149. The number of nitrogens with one attached hydrogen (secondary N) is 2. The third-order valence-electron chi connectivity index (χ3n) is 4.35. The number of carbonyl (C=O) groups excluding carboxylic acids is 3. The number of aliphatic hydroxyl groups is 1. The molecule has 4 atom stereocenters. The number of hydrogen-bond donors (Lipinski definition) is 6. The van der Waals surface area contributed by atoms with Gasteiger partial charge in [-0.25, -0.2) is 4.79 Å². The second-order valence-electron chi connectivity index (χ2n) is 6.56. The van der Waals surface area contributed by atoms with E-state index in [1.54, 1.807) is 0 Å². The lowest BCUT2D eigenvalue weighted by atomic mass is 10.1. The van der Waals surface area contributed by atoms with Crippen molar-refractivity contribution in [3.63, 3.8) is 0 Å². The maximum Gasteiger partial charge on any atom is 0.326 e. The van der Waals surface area contributed by atoms with Crippen LogP contribution in [0.3, 0.4) is 0 Å². The Morgan fingerprint density at radius 2 is 1.86 bits per heavy atom. The van der Waals surface area contributed by atoms with Gasteiger partial charge in [0.25, 0.3) is 0 Å². The summed E-state index contributed by atoms with van der Waals surface area (Å²) in [5.41, 5.74) is 5.43. The molecule has 4 unspecified atom stereocenters. The van der Waals surface area contributed by atoms with Gasteiger partial charge in [-0.1, -0.05) is 0 Å². The van der Waals surface area contributed by atoms with Crippen LogP contribution in [-0.4, -0.2) is 87.2 Å². The first-order chi connectivity index (χ1) is 13.0. The van der Waals surface area contributed by atoms with E-state index in [0.29, 0.717) is 6.42 Å².